The van der Waals surface area contributed by atoms with Crippen LogP contribution in [0.25, 0.3) is 10.1 Å². The molecule has 0 unspecified atom stereocenters. The SMILES string of the molecule is N/C(=N/c1ccccn1)N1CCN(/C=C2/N=C(c3cc4ccccc4s3)OC2=O)CC1. The zero-order valence-electron chi connectivity index (χ0n) is 16.6. The number of carbonyl (C=O) groups is 1. The van der Waals surface area contributed by atoms with E-state index in [-0.39, 0.29) is 0 Å². The first-order valence-electron chi connectivity index (χ1n) is 9.91. The van der Waals surface area contributed by atoms with Crippen LogP contribution in [-0.4, -0.2) is 58.8 Å². The Hall–Kier alpha value is -3.72. The first-order valence-corrected chi connectivity index (χ1v) is 10.7. The number of benzene rings is 1. The predicted octanol–water partition coefficient (Wildman–Crippen LogP) is 2.71. The fraction of sp³-hybridized carbons (Fsp3) is 0.182. The molecule has 1 aromatic carbocycles. The second-order valence-corrected chi connectivity index (χ2v) is 8.23. The maximum atomic E-state index is 12.3. The van der Waals surface area contributed by atoms with E-state index in [1.807, 2.05) is 53.4 Å². The molecule has 0 bridgehead atoms. The van der Waals surface area contributed by atoms with Gasteiger partial charge in [0.1, 0.15) is 0 Å². The third-order valence-electron chi connectivity index (χ3n) is 5.08. The zero-order valence-corrected chi connectivity index (χ0v) is 17.5. The van der Waals surface area contributed by atoms with Crippen LogP contribution in [-0.2, 0) is 9.53 Å². The van der Waals surface area contributed by atoms with Crippen LogP contribution < -0.4 is 5.73 Å². The van der Waals surface area contributed by atoms with Crippen molar-refractivity contribution < 1.29 is 9.53 Å². The van der Waals surface area contributed by atoms with Gasteiger partial charge in [0.25, 0.3) is 0 Å². The average Bonchev–Trinajstić information content (AvgIpc) is 3.38. The summed E-state index contributed by atoms with van der Waals surface area (Å²) in [5.74, 6) is 0.964. The highest BCUT2D eigenvalue weighted by Crippen LogP contribution is 2.28. The minimum atomic E-state index is -0.425. The number of cyclic esters (lactones) is 1. The van der Waals surface area contributed by atoms with E-state index in [0.717, 1.165) is 15.0 Å². The van der Waals surface area contributed by atoms with E-state index in [9.17, 15) is 4.79 Å². The van der Waals surface area contributed by atoms with E-state index in [1.165, 1.54) is 0 Å². The Morgan fingerprint density at radius 1 is 1.13 bits per heavy atom. The van der Waals surface area contributed by atoms with Gasteiger partial charge in [-0.1, -0.05) is 24.3 Å². The van der Waals surface area contributed by atoms with Crippen LogP contribution >= 0.6 is 11.3 Å². The molecule has 1 fully saturated rings. The molecule has 2 N–H and O–H groups in total. The summed E-state index contributed by atoms with van der Waals surface area (Å²) in [5, 5.41) is 1.11. The summed E-state index contributed by atoms with van der Waals surface area (Å²) in [4.78, 5) is 30.2. The molecule has 4 heterocycles. The van der Waals surface area contributed by atoms with Gasteiger partial charge in [-0.2, -0.15) is 4.99 Å². The monoisotopic (exact) mass is 432 g/mol. The second-order valence-electron chi connectivity index (χ2n) is 7.15. The molecule has 2 aliphatic rings. The lowest BCUT2D eigenvalue weighted by Crippen LogP contribution is -2.49. The molecular weight excluding hydrogens is 412 g/mol. The summed E-state index contributed by atoms with van der Waals surface area (Å²) >= 11 is 1.56. The molecule has 2 aromatic heterocycles. The number of nitrogens with zero attached hydrogens (tertiary/aromatic N) is 5. The number of hydrogen-bond acceptors (Lipinski definition) is 7. The van der Waals surface area contributed by atoms with Crippen molar-refractivity contribution in [3.8, 4) is 0 Å². The van der Waals surface area contributed by atoms with Crippen molar-refractivity contribution in [2.45, 2.75) is 0 Å². The molecular formula is C22H20N6O2S. The molecule has 0 saturated carbocycles. The molecule has 156 valence electrons. The second kappa shape index (κ2) is 8.19. The Labute approximate surface area is 183 Å². The van der Waals surface area contributed by atoms with Crippen molar-refractivity contribution in [2.24, 2.45) is 15.7 Å². The number of aliphatic imine (C=N–C) groups is 2. The minimum absolute atomic E-state index is 0.316. The standard InChI is InChI=1S/C22H20N6O2S/c23-22(26-19-7-3-4-8-24-19)28-11-9-27(10-12-28)14-16-21(29)30-20(25-16)18-13-15-5-1-2-6-17(15)31-18/h1-8,13-14H,9-12H2,(H2,23,24,26)/b16-14+. The molecule has 31 heavy (non-hydrogen) atoms. The van der Waals surface area contributed by atoms with Crippen molar-refractivity contribution in [2.75, 3.05) is 26.2 Å². The fourth-order valence-electron chi connectivity index (χ4n) is 3.45. The predicted molar refractivity (Wildman–Crippen MR) is 121 cm³/mol. The number of carbonyl (C=O) groups excluding carboxylic acids is 1. The Bertz CT molecular complexity index is 1180. The van der Waals surface area contributed by atoms with Gasteiger partial charge in [-0.05, 0) is 29.7 Å². The van der Waals surface area contributed by atoms with Crippen LogP contribution in [0.1, 0.15) is 4.88 Å². The van der Waals surface area contributed by atoms with Gasteiger partial charge in [-0.3, -0.25) is 0 Å². The van der Waals surface area contributed by atoms with Crippen LogP contribution in [0.2, 0.25) is 0 Å². The lowest BCUT2D eigenvalue weighted by molar-refractivity contribution is -0.130. The van der Waals surface area contributed by atoms with Gasteiger partial charge in [-0.25, -0.2) is 14.8 Å². The molecule has 5 rings (SSSR count). The summed E-state index contributed by atoms with van der Waals surface area (Å²) in [7, 11) is 0. The van der Waals surface area contributed by atoms with E-state index in [2.05, 4.69) is 19.9 Å². The number of thiophene rings is 1. The zero-order chi connectivity index (χ0) is 21.2. The van der Waals surface area contributed by atoms with Crippen LogP contribution in [0.15, 0.2) is 76.6 Å². The number of piperazine rings is 1. The fourth-order valence-corrected chi connectivity index (χ4v) is 4.44. The van der Waals surface area contributed by atoms with E-state index >= 15 is 0 Å². The molecule has 2 aliphatic heterocycles. The number of guanidine groups is 1. The number of hydrogen-bond donors (Lipinski definition) is 1. The normalized spacial score (nSPS) is 18.6. The van der Waals surface area contributed by atoms with Gasteiger partial charge in [0.2, 0.25) is 5.90 Å². The summed E-state index contributed by atoms with van der Waals surface area (Å²) in [6, 6.07) is 15.6. The van der Waals surface area contributed by atoms with Crippen LogP contribution in [0, 0.1) is 0 Å². The van der Waals surface area contributed by atoms with E-state index in [0.29, 0.717) is 49.6 Å². The Balaban J connectivity index is 1.26. The summed E-state index contributed by atoms with van der Waals surface area (Å²) in [6.45, 7) is 2.77. The molecule has 0 atom stereocenters. The van der Waals surface area contributed by atoms with Crippen LogP contribution in [0.5, 0.6) is 0 Å². The quantitative estimate of drug-likeness (QED) is 0.296. The first kappa shape index (κ1) is 19.3. The maximum Gasteiger partial charge on any atom is 0.365 e. The summed E-state index contributed by atoms with van der Waals surface area (Å²) in [5.41, 5.74) is 6.45. The van der Waals surface area contributed by atoms with Crippen LogP contribution in [0.4, 0.5) is 5.82 Å². The number of esters is 1. The number of ether oxygens (including phenoxy) is 1. The number of fused-ring (bicyclic) bond motifs is 1. The highest BCUT2D eigenvalue weighted by Gasteiger charge is 2.27. The first-order chi connectivity index (χ1) is 15.2. The number of pyridine rings is 1. The molecule has 0 spiro atoms. The molecule has 0 aliphatic carbocycles. The van der Waals surface area contributed by atoms with Gasteiger partial charge in [0.05, 0.1) is 4.88 Å². The van der Waals surface area contributed by atoms with Crippen LogP contribution in [0.3, 0.4) is 0 Å². The third-order valence-corrected chi connectivity index (χ3v) is 6.18. The summed E-state index contributed by atoms with van der Waals surface area (Å²) < 4.78 is 6.56. The van der Waals surface area contributed by atoms with Gasteiger partial charge in [-0.15, -0.1) is 11.3 Å². The Morgan fingerprint density at radius 2 is 1.94 bits per heavy atom. The Kier molecular flexibility index (Phi) is 5.09. The lowest BCUT2D eigenvalue weighted by atomic mass is 10.2. The third kappa shape index (κ3) is 4.13. The summed E-state index contributed by atoms with van der Waals surface area (Å²) in [6.07, 6.45) is 3.45. The Morgan fingerprint density at radius 3 is 2.71 bits per heavy atom. The number of rotatable bonds is 3. The molecule has 8 nitrogen and oxygen atoms in total. The molecule has 1 saturated heterocycles. The van der Waals surface area contributed by atoms with Crippen molar-refractivity contribution in [1.29, 1.82) is 0 Å². The average molecular weight is 433 g/mol. The lowest BCUT2D eigenvalue weighted by Gasteiger charge is -2.34. The molecule has 0 amide bonds. The highest BCUT2D eigenvalue weighted by molar-refractivity contribution is 7.20. The van der Waals surface area contributed by atoms with Gasteiger partial charge in [0.15, 0.2) is 17.5 Å². The van der Waals surface area contributed by atoms with E-state index < -0.39 is 5.97 Å². The smallest absolute Gasteiger partial charge is 0.365 e. The van der Waals surface area contributed by atoms with Crippen molar-refractivity contribution in [3.05, 3.63) is 71.5 Å². The molecule has 0 radical (unpaired) electrons. The van der Waals surface area contributed by atoms with Crippen molar-refractivity contribution in [3.63, 3.8) is 0 Å². The maximum absolute atomic E-state index is 12.3. The topological polar surface area (TPSA) is 96.4 Å². The van der Waals surface area contributed by atoms with E-state index in [1.54, 1.807) is 23.7 Å². The molecule has 3 aromatic rings. The molecule has 9 heteroatoms. The van der Waals surface area contributed by atoms with Crippen molar-refractivity contribution in [1.82, 2.24) is 14.8 Å². The number of aromatic nitrogens is 1. The van der Waals surface area contributed by atoms with E-state index in [4.69, 9.17) is 10.5 Å². The van der Waals surface area contributed by atoms with Gasteiger partial charge >= 0.3 is 5.97 Å². The van der Waals surface area contributed by atoms with Gasteiger partial charge in [0, 0.05) is 43.3 Å². The highest BCUT2D eigenvalue weighted by atomic mass is 32.1. The largest absolute Gasteiger partial charge is 0.401 e. The van der Waals surface area contributed by atoms with Crippen molar-refractivity contribution >= 4 is 45.1 Å². The number of nitrogens with two attached hydrogens (primary N) is 1. The van der Waals surface area contributed by atoms with Gasteiger partial charge < -0.3 is 20.3 Å². The minimum Gasteiger partial charge on any atom is -0.401 e.